The number of nitrogens with one attached hydrogen (secondary N) is 1. The largest absolute Gasteiger partial charge is 0.310 e. The Balaban J connectivity index is 2.10. The third-order valence-corrected chi connectivity index (χ3v) is 3.70. The Bertz CT molecular complexity index is 516. The molecule has 1 N–H and O–H groups in total. The average molecular weight is 285 g/mol. The standard InChI is InChI=1S/C18H27N3/c1-4-12-19-18(11-10-15(2)3)16-13-20-21(14-16)17-8-6-5-7-9-17/h5-9,13-15,18-19H,4,10-12H2,1-3H3. The molecule has 0 amide bonds. The van der Waals surface area contributed by atoms with Gasteiger partial charge in [0.25, 0.3) is 0 Å². The van der Waals surface area contributed by atoms with Gasteiger partial charge in [0, 0.05) is 17.8 Å². The molecule has 0 saturated carbocycles. The van der Waals surface area contributed by atoms with Crippen molar-refractivity contribution < 1.29 is 0 Å². The second-order valence-corrected chi connectivity index (χ2v) is 6.03. The summed E-state index contributed by atoms with van der Waals surface area (Å²) in [7, 11) is 0. The molecule has 3 nitrogen and oxygen atoms in total. The maximum Gasteiger partial charge on any atom is 0.0645 e. The molecule has 0 saturated heterocycles. The summed E-state index contributed by atoms with van der Waals surface area (Å²) in [5, 5.41) is 8.17. The maximum absolute atomic E-state index is 4.52. The van der Waals surface area contributed by atoms with Gasteiger partial charge in [0.2, 0.25) is 0 Å². The molecule has 0 aliphatic carbocycles. The molecule has 1 heterocycles. The van der Waals surface area contributed by atoms with Crippen molar-refractivity contribution in [2.45, 2.75) is 46.1 Å². The highest BCUT2D eigenvalue weighted by atomic mass is 15.3. The van der Waals surface area contributed by atoms with Gasteiger partial charge in [0.05, 0.1) is 11.9 Å². The molecule has 21 heavy (non-hydrogen) atoms. The lowest BCUT2D eigenvalue weighted by Crippen LogP contribution is -2.22. The van der Waals surface area contributed by atoms with Crippen molar-refractivity contribution in [3.05, 3.63) is 48.3 Å². The molecule has 1 aromatic carbocycles. The van der Waals surface area contributed by atoms with Crippen LogP contribution in [-0.4, -0.2) is 16.3 Å². The van der Waals surface area contributed by atoms with E-state index in [2.05, 4.69) is 49.5 Å². The van der Waals surface area contributed by atoms with E-state index in [4.69, 9.17) is 0 Å². The number of hydrogen-bond acceptors (Lipinski definition) is 2. The van der Waals surface area contributed by atoms with Gasteiger partial charge in [-0.2, -0.15) is 5.10 Å². The zero-order valence-electron chi connectivity index (χ0n) is 13.4. The smallest absolute Gasteiger partial charge is 0.0645 e. The fourth-order valence-corrected chi connectivity index (χ4v) is 2.44. The van der Waals surface area contributed by atoms with Crippen LogP contribution >= 0.6 is 0 Å². The Morgan fingerprint density at radius 3 is 2.57 bits per heavy atom. The predicted octanol–water partition coefficient (Wildman–Crippen LogP) is 4.35. The van der Waals surface area contributed by atoms with E-state index in [-0.39, 0.29) is 0 Å². The monoisotopic (exact) mass is 285 g/mol. The van der Waals surface area contributed by atoms with Crippen molar-refractivity contribution in [3.8, 4) is 5.69 Å². The number of rotatable bonds is 8. The fourth-order valence-electron chi connectivity index (χ4n) is 2.44. The first-order valence-corrected chi connectivity index (χ1v) is 8.04. The van der Waals surface area contributed by atoms with Gasteiger partial charge < -0.3 is 5.32 Å². The number of aromatic nitrogens is 2. The maximum atomic E-state index is 4.52. The van der Waals surface area contributed by atoms with Gasteiger partial charge in [-0.3, -0.25) is 0 Å². The Morgan fingerprint density at radius 2 is 1.90 bits per heavy atom. The Morgan fingerprint density at radius 1 is 1.14 bits per heavy atom. The molecular weight excluding hydrogens is 258 g/mol. The third-order valence-electron chi connectivity index (χ3n) is 3.70. The second kappa shape index (κ2) is 7.99. The van der Waals surface area contributed by atoms with E-state index in [0.717, 1.165) is 31.0 Å². The molecule has 0 bridgehead atoms. The lowest BCUT2D eigenvalue weighted by Gasteiger charge is -2.18. The fraction of sp³-hybridized carbons (Fsp3) is 0.500. The molecule has 114 valence electrons. The van der Waals surface area contributed by atoms with Crippen molar-refractivity contribution in [2.24, 2.45) is 5.92 Å². The summed E-state index contributed by atoms with van der Waals surface area (Å²) < 4.78 is 1.96. The summed E-state index contributed by atoms with van der Waals surface area (Å²) in [5.41, 5.74) is 2.40. The van der Waals surface area contributed by atoms with Gasteiger partial charge in [-0.25, -0.2) is 4.68 Å². The van der Waals surface area contributed by atoms with Crippen LogP contribution in [0.5, 0.6) is 0 Å². The summed E-state index contributed by atoms with van der Waals surface area (Å²) in [6.07, 6.45) is 7.71. The van der Waals surface area contributed by atoms with Gasteiger partial charge >= 0.3 is 0 Å². The minimum absolute atomic E-state index is 0.407. The minimum Gasteiger partial charge on any atom is -0.310 e. The summed E-state index contributed by atoms with van der Waals surface area (Å²) in [4.78, 5) is 0. The zero-order valence-corrected chi connectivity index (χ0v) is 13.4. The first-order chi connectivity index (χ1) is 10.2. The third kappa shape index (κ3) is 4.71. The highest BCUT2D eigenvalue weighted by Crippen LogP contribution is 2.21. The highest BCUT2D eigenvalue weighted by Gasteiger charge is 2.13. The predicted molar refractivity (Wildman–Crippen MR) is 88.7 cm³/mol. The SMILES string of the molecule is CCCNC(CCC(C)C)c1cnn(-c2ccccc2)c1. The van der Waals surface area contributed by atoms with E-state index in [1.54, 1.807) is 0 Å². The van der Waals surface area contributed by atoms with E-state index in [9.17, 15) is 0 Å². The van der Waals surface area contributed by atoms with Crippen molar-refractivity contribution in [2.75, 3.05) is 6.54 Å². The van der Waals surface area contributed by atoms with Crippen LogP contribution in [0.2, 0.25) is 0 Å². The van der Waals surface area contributed by atoms with Gasteiger partial charge in [-0.15, -0.1) is 0 Å². The molecule has 0 aliphatic heterocycles. The van der Waals surface area contributed by atoms with Crippen molar-refractivity contribution in [1.29, 1.82) is 0 Å². The van der Waals surface area contributed by atoms with E-state index in [1.807, 2.05) is 29.1 Å². The summed E-state index contributed by atoms with van der Waals surface area (Å²) in [6.45, 7) is 7.83. The van der Waals surface area contributed by atoms with Crippen LogP contribution in [0.3, 0.4) is 0 Å². The molecular formula is C18H27N3. The first-order valence-electron chi connectivity index (χ1n) is 8.04. The van der Waals surface area contributed by atoms with Crippen LogP contribution < -0.4 is 5.32 Å². The molecule has 0 fully saturated rings. The molecule has 1 unspecified atom stereocenters. The minimum atomic E-state index is 0.407. The van der Waals surface area contributed by atoms with E-state index < -0.39 is 0 Å². The Kier molecular flexibility index (Phi) is 6.00. The van der Waals surface area contributed by atoms with Crippen LogP contribution in [-0.2, 0) is 0 Å². The topological polar surface area (TPSA) is 29.9 Å². The van der Waals surface area contributed by atoms with Gasteiger partial charge in [-0.1, -0.05) is 39.0 Å². The first kappa shape index (κ1) is 15.8. The van der Waals surface area contributed by atoms with Gasteiger partial charge in [0.1, 0.15) is 0 Å². The normalized spacial score (nSPS) is 12.8. The number of hydrogen-bond donors (Lipinski definition) is 1. The second-order valence-electron chi connectivity index (χ2n) is 6.03. The van der Waals surface area contributed by atoms with Crippen LogP contribution in [0.15, 0.2) is 42.7 Å². The molecule has 0 spiro atoms. The van der Waals surface area contributed by atoms with Gasteiger partial charge in [0.15, 0.2) is 0 Å². The molecule has 0 radical (unpaired) electrons. The number of para-hydroxylation sites is 1. The lowest BCUT2D eigenvalue weighted by atomic mass is 9.99. The molecule has 1 aromatic heterocycles. The van der Waals surface area contributed by atoms with Crippen LogP contribution in [0.4, 0.5) is 0 Å². The van der Waals surface area contributed by atoms with Crippen LogP contribution in [0, 0.1) is 5.92 Å². The molecule has 2 rings (SSSR count). The van der Waals surface area contributed by atoms with Crippen LogP contribution in [0.25, 0.3) is 5.69 Å². The molecule has 0 aliphatic rings. The Hall–Kier alpha value is -1.61. The summed E-state index contributed by atoms with van der Waals surface area (Å²) >= 11 is 0. The summed E-state index contributed by atoms with van der Waals surface area (Å²) in [6, 6.07) is 10.7. The number of benzene rings is 1. The average Bonchev–Trinajstić information content (AvgIpc) is 2.98. The van der Waals surface area contributed by atoms with Crippen molar-refractivity contribution in [1.82, 2.24) is 15.1 Å². The molecule has 2 aromatic rings. The quantitative estimate of drug-likeness (QED) is 0.781. The molecule has 1 atom stereocenters. The van der Waals surface area contributed by atoms with Crippen molar-refractivity contribution >= 4 is 0 Å². The molecule has 3 heteroatoms. The van der Waals surface area contributed by atoms with Gasteiger partial charge in [-0.05, 0) is 43.9 Å². The lowest BCUT2D eigenvalue weighted by molar-refractivity contribution is 0.440. The van der Waals surface area contributed by atoms with E-state index >= 15 is 0 Å². The van der Waals surface area contributed by atoms with Crippen molar-refractivity contribution in [3.63, 3.8) is 0 Å². The van der Waals surface area contributed by atoms with Crippen LogP contribution in [0.1, 0.15) is 51.6 Å². The number of nitrogens with zero attached hydrogens (tertiary/aromatic N) is 2. The Labute approximate surface area is 128 Å². The van der Waals surface area contributed by atoms with E-state index in [0.29, 0.717) is 6.04 Å². The summed E-state index contributed by atoms with van der Waals surface area (Å²) in [5.74, 6) is 0.736. The van der Waals surface area contributed by atoms with E-state index in [1.165, 1.54) is 12.0 Å². The highest BCUT2D eigenvalue weighted by molar-refractivity contribution is 5.31. The zero-order chi connectivity index (χ0) is 15.1.